The number of hydrogen-bond donors (Lipinski definition) is 1. The van der Waals surface area contributed by atoms with Crippen molar-refractivity contribution in [1.82, 2.24) is 0 Å². The molecule has 1 aromatic carbocycles. The van der Waals surface area contributed by atoms with Crippen LogP contribution in [0.2, 0.25) is 0 Å². The van der Waals surface area contributed by atoms with Crippen LogP contribution in [0.25, 0.3) is 0 Å². The zero-order chi connectivity index (χ0) is 10.6. The summed E-state index contributed by atoms with van der Waals surface area (Å²) >= 11 is 0. The van der Waals surface area contributed by atoms with E-state index in [0.717, 1.165) is 16.9 Å². The van der Waals surface area contributed by atoms with Gasteiger partial charge in [-0.2, -0.15) is 0 Å². The Morgan fingerprint density at radius 2 is 1.93 bits per heavy atom. The van der Waals surface area contributed by atoms with Gasteiger partial charge >= 0.3 is 0 Å². The molecule has 1 amide bonds. The van der Waals surface area contributed by atoms with Crippen molar-refractivity contribution in [2.45, 2.75) is 20.3 Å². The van der Waals surface area contributed by atoms with Crippen LogP contribution in [0.5, 0.6) is 5.75 Å². The van der Waals surface area contributed by atoms with Gasteiger partial charge in [0.2, 0.25) is 5.91 Å². The third kappa shape index (κ3) is 2.76. The number of primary amides is 1. The van der Waals surface area contributed by atoms with Crippen molar-refractivity contribution in [3.8, 4) is 5.75 Å². The number of nitrogens with two attached hydrogens (primary N) is 1. The molecule has 0 aliphatic heterocycles. The first-order chi connectivity index (χ1) is 6.61. The Labute approximate surface area is 83.9 Å². The molecule has 0 fully saturated rings. The Hall–Kier alpha value is -1.51. The zero-order valence-corrected chi connectivity index (χ0v) is 8.54. The predicted molar refractivity (Wildman–Crippen MR) is 55.2 cm³/mol. The van der Waals surface area contributed by atoms with E-state index in [1.54, 1.807) is 0 Å². The van der Waals surface area contributed by atoms with Crippen LogP contribution >= 0.6 is 0 Å². The molecule has 0 bridgehead atoms. The van der Waals surface area contributed by atoms with Gasteiger partial charge in [-0.15, -0.1) is 0 Å². The van der Waals surface area contributed by atoms with Crippen LogP contribution in [0.15, 0.2) is 18.2 Å². The third-order valence-corrected chi connectivity index (χ3v) is 2.00. The number of hydrogen-bond acceptors (Lipinski definition) is 2. The monoisotopic (exact) mass is 193 g/mol. The summed E-state index contributed by atoms with van der Waals surface area (Å²) in [6.07, 6.45) is 0.258. The second-order valence-corrected chi connectivity index (χ2v) is 3.29. The molecule has 0 aliphatic carbocycles. The van der Waals surface area contributed by atoms with Gasteiger partial charge in [-0.3, -0.25) is 4.79 Å². The average Bonchev–Trinajstić information content (AvgIpc) is 2.09. The van der Waals surface area contributed by atoms with Gasteiger partial charge < -0.3 is 10.5 Å². The smallest absolute Gasteiger partial charge is 0.220 e. The maximum Gasteiger partial charge on any atom is 0.220 e. The van der Waals surface area contributed by atoms with Gasteiger partial charge in [0.05, 0.1) is 13.0 Å². The maximum atomic E-state index is 10.5. The number of benzene rings is 1. The maximum absolute atomic E-state index is 10.5. The summed E-state index contributed by atoms with van der Waals surface area (Å²) in [6, 6.07) is 5.94. The molecule has 3 heteroatoms. The number of para-hydroxylation sites is 1. The Bertz CT molecular complexity index is 314. The molecule has 0 radical (unpaired) electrons. The molecule has 3 nitrogen and oxygen atoms in total. The summed E-state index contributed by atoms with van der Waals surface area (Å²) in [7, 11) is 0. The minimum Gasteiger partial charge on any atom is -0.493 e. The minimum atomic E-state index is -0.337. The van der Waals surface area contributed by atoms with Crippen molar-refractivity contribution in [3.63, 3.8) is 0 Å². The van der Waals surface area contributed by atoms with Crippen molar-refractivity contribution in [3.05, 3.63) is 29.3 Å². The molecule has 14 heavy (non-hydrogen) atoms. The molecule has 0 aromatic heterocycles. The van der Waals surface area contributed by atoms with Crippen molar-refractivity contribution in [2.24, 2.45) is 5.73 Å². The first-order valence-corrected chi connectivity index (χ1v) is 4.58. The summed E-state index contributed by atoms with van der Waals surface area (Å²) in [5.74, 6) is 0.519. The van der Waals surface area contributed by atoms with Gasteiger partial charge in [-0.1, -0.05) is 18.2 Å². The molecular weight excluding hydrogens is 178 g/mol. The van der Waals surface area contributed by atoms with Crippen LogP contribution in [0.3, 0.4) is 0 Å². The SMILES string of the molecule is Cc1cccc(C)c1OCCC(N)=O. The number of amides is 1. The lowest BCUT2D eigenvalue weighted by atomic mass is 10.1. The number of rotatable bonds is 4. The van der Waals surface area contributed by atoms with Gasteiger partial charge in [0.15, 0.2) is 0 Å². The molecule has 0 heterocycles. The van der Waals surface area contributed by atoms with Gasteiger partial charge in [-0.25, -0.2) is 0 Å². The fourth-order valence-corrected chi connectivity index (χ4v) is 1.28. The van der Waals surface area contributed by atoms with Crippen LogP contribution in [-0.4, -0.2) is 12.5 Å². The van der Waals surface area contributed by atoms with Gasteiger partial charge in [0.25, 0.3) is 0 Å². The third-order valence-electron chi connectivity index (χ3n) is 2.00. The summed E-state index contributed by atoms with van der Waals surface area (Å²) in [5.41, 5.74) is 7.17. The summed E-state index contributed by atoms with van der Waals surface area (Å²) in [5, 5.41) is 0. The Balaban J connectivity index is 2.62. The van der Waals surface area contributed by atoms with E-state index in [0.29, 0.717) is 6.61 Å². The highest BCUT2D eigenvalue weighted by Gasteiger charge is 2.03. The molecule has 0 saturated heterocycles. The zero-order valence-electron chi connectivity index (χ0n) is 8.54. The lowest BCUT2D eigenvalue weighted by Crippen LogP contribution is -2.15. The van der Waals surface area contributed by atoms with E-state index in [2.05, 4.69) is 0 Å². The molecule has 0 spiro atoms. The lowest BCUT2D eigenvalue weighted by Gasteiger charge is -2.10. The molecular formula is C11H15NO2. The van der Waals surface area contributed by atoms with E-state index < -0.39 is 0 Å². The van der Waals surface area contributed by atoms with Crippen LogP contribution in [0, 0.1) is 13.8 Å². The van der Waals surface area contributed by atoms with Crippen LogP contribution < -0.4 is 10.5 Å². The molecule has 1 rings (SSSR count). The first kappa shape index (κ1) is 10.6. The van der Waals surface area contributed by atoms with Crippen molar-refractivity contribution >= 4 is 5.91 Å². The quantitative estimate of drug-likeness (QED) is 0.788. The van der Waals surface area contributed by atoms with Crippen molar-refractivity contribution in [2.75, 3.05) is 6.61 Å². The standard InChI is InChI=1S/C11H15NO2/c1-8-4-3-5-9(2)11(8)14-7-6-10(12)13/h3-5H,6-7H2,1-2H3,(H2,12,13). The topological polar surface area (TPSA) is 52.3 Å². The Morgan fingerprint density at radius 1 is 1.36 bits per heavy atom. The van der Waals surface area contributed by atoms with Crippen LogP contribution in [0.4, 0.5) is 0 Å². The summed E-state index contributed by atoms with van der Waals surface area (Å²) in [6.45, 7) is 4.31. The Morgan fingerprint density at radius 3 is 2.43 bits per heavy atom. The largest absolute Gasteiger partial charge is 0.493 e. The normalized spacial score (nSPS) is 9.86. The number of carbonyl (C=O) groups is 1. The highest BCUT2D eigenvalue weighted by atomic mass is 16.5. The van der Waals surface area contributed by atoms with Crippen LogP contribution in [0.1, 0.15) is 17.5 Å². The fraction of sp³-hybridized carbons (Fsp3) is 0.364. The molecule has 2 N–H and O–H groups in total. The van der Waals surface area contributed by atoms with E-state index in [-0.39, 0.29) is 12.3 Å². The van der Waals surface area contributed by atoms with E-state index in [1.807, 2.05) is 32.0 Å². The van der Waals surface area contributed by atoms with E-state index >= 15 is 0 Å². The first-order valence-electron chi connectivity index (χ1n) is 4.58. The van der Waals surface area contributed by atoms with E-state index in [1.165, 1.54) is 0 Å². The highest BCUT2D eigenvalue weighted by molar-refractivity contribution is 5.73. The number of ether oxygens (including phenoxy) is 1. The molecule has 1 aromatic rings. The van der Waals surface area contributed by atoms with E-state index in [9.17, 15) is 4.79 Å². The van der Waals surface area contributed by atoms with Crippen LogP contribution in [-0.2, 0) is 4.79 Å². The highest BCUT2D eigenvalue weighted by Crippen LogP contribution is 2.22. The minimum absolute atomic E-state index is 0.258. The van der Waals surface area contributed by atoms with Crippen molar-refractivity contribution in [1.29, 1.82) is 0 Å². The van der Waals surface area contributed by atoms with Crippen molar-refractivity contribution < 1.29 is 9.53 Å². The predicted octanol–water partition coefficient (Wildman–Crippen LogP) is 1.56. The number of carbonyl (C=O) groups excluding carboxylic acids is 1. The van der Waals surface area contributed by atoms with Gasteiger partial charge in [0, 0.05) is 0 Å². The molecule has 0 aliphatic rings. The lowest BCUT2D eigenvalue weighted by molar-refractivity contribution is -0.118. The van der Waals surface area contributed by atoms with Gasteiger partial charge in [-0.05, 0) is 25.0 Å². The summed E-state index contributed by atoms with van der Waals surface area (Å²) in [4.78, 5) is 10.5. The Kier molecular flexibility index (Phi) is 3.51. The second kappa shape index (κ2) is 4.65. The number of aryl methyl sites for hydroxylation is 2. The molecule has 0 saturated carbocycles. The molecule has 76 valence electrons. The molecule has 0 atom stereocenters. The molecule has 0 unspecified atom stereocenters. The van der Waals surface area contributed by atoms with Gasteiger partial charge in [0.1, 0.15) is 5.75 Å². The van der Waals surface area contributed by atoms with E-state index in [4.69, 9.17) is 10.5 Å². The fourth-order valence-electron chi connectivity index (χ4n) is 1.28. The summed E-state index contributed by atoms with van der Waals surface area (Å²) < 4.78 is 5.48. The second-order valence-electron chi connectivity index (χ2n) is 3.29. The average molecular weight is 193 g/mol.